The molecule has 0 atom stereocenters. The van der Waals surface area contributed by atoms with Gasteiger partial charge in [-0.3, -0.25) is 0 Å². The highest BCUT2D eigenvalue weighted by molar-refractivity contribution is 6.32. The number of pyridine rings is 1. The largest absolute Gasteiger partial charge is 0.495 e. The van der Waals surface area contributed by atoms with Gasteiger partial charge in [0.1, 0.15) is 11.6 Å². The normalized spacial score (nSPS) is 10.5. The molecule has 90 valence electrons. The number of fused-ring (bicyclic) bond motifs is 1. The maximum absolute atomic E-state index is 6.06. The summed E-state index contributed by atoms with van der Waals surface area (Å²) in [6.07, 6.45) is 1.07. The first-order chi connectivity index (χ1) is 8.24. The number of rotatable bonds is 4. The van der Waals surface area contributed by atoms with Crippen LogP contribution >= 0.6 is 11.6 Å². The maximum Gasteiger partial charge on any atom is 0.139 e. The third kappa shape index (κ3) is 2.61. The van der Waals surface area contributed by atoms with Crippen LogP contribution in [0.1, 0.15) is 13.3 Å². The van der Waals surface area contributed by atoms with Crippen LogP contribution in [0.4, 0.5) is 5.82 Å². The standard InChI is InChI=1S/C13H15ClN2O/c1-3-6-15-13-5-4-9-7-10(14)12(17-2)8-11(9)16-13/h4-5,7-8H,3,6H2,1-2H3,(H,15,16). The zero-order valence-corrected chi connectivity index (χ0v) is 10.7. The maximum atomic E-state index is 6.06. The second kappa shape index (κ2) is 5.23. The van der Waals surface area contributed by atoms with E-state index >= 15 is 0 Å². The number of halogens is 1. The molecule has 0 bridgehead atoms. The summed E-state index contributed by atoms with van der Waals surface area (Å²) in [4.78, 5) is 4.51. The van der Waals surface area contributed by atoms with Crippen molar-refractivity contribution in [1.82, 2.24) is 4.98 Å². The third-order valence-electron chi connectivity index (χ3n) is 2.52. The van der Waals surface area contributed by atoms with Gasteiger partial charge in [-0.1, -0.05) is 18.5 Å². The Bertz CT molecular complexity index is 528. The molecule has 0 aliphatic rings. The van der Waals surface area contributed by atoms with E-state index in [1.807, 2.05) is 24.3 Å². The van der Waals surface area contributed by atoms with Gasteiger partial charge in [-0.25, -0.2) is 4.98 Å². The zero-order valence-electron chi connectivity index (χ0n) is 9.96. The molecule has 0 aliphatic heterocycles. The molecule has 2 aromatic rings. The lowest BCUT2D eigenvalue weighted by Gasteiger charge is -2.07. The van der Waals surface area contributed by atoms with Crippen molar-refractivity contribution >= 4 is 28.3 Å². The van der Waals surface area contributed by atoms with E-state index in [4.69, 9.17) is 16.3 Å². The number of anilines is 1. The van der Waals surface area contributed by atoms with E-state index in [-0.39, 0.29) is 0 Å². The summed E-state index contributed by atoms with van der Waals surface area (Å²) >= 11 is 6.06. The molecule has 1 aromatic carbocycles. The van der Waals surface area contributed by atoms with Gasteiger partial charge in [0.15, 0.2) is 0 Å². The number of aromatic nitrogens is 1. The van der Waals surface area contributed by atoms with Crippen LogP contribution in [0.15, 0.2) is 24.3 Å². The van der Waals surface area contributed by atoms with Crippen molar-refractivity contribution in [3.8, 4) is 5.75 Å². The van der Waals surface area contributed by atoms with Crippen molar-refractivity contribution in [3.05, 3.63) is 29.3 Å². The van der Waals surface area contributed by atoms with Crippen LogP contribution < -0.4 is 10.1 Å². The summed E-state index contributed by atoms with van der Waals surface area (Å²) in [6.45, 7) is 3.04. The monoisotopic (exact) mass is 250 g/mol. The molecular formula is C13H15ClN2O. The number of hydrogen-bond donors (Lipinski definition) is 1. The minimum Gasteiger partial charge on any atom is -0.495 e. The van der Waals surface area contributed by atoms with E-state index in [1.54, 1.807) is 7.11 Å². The van der Waals surface area contributed by atoms with Crippen LogP contribution in [0.2, 0.25) is 5.02 Å². The molecule has 3 nitrogen and oxygen atoms in total. The molecule has 0 amide bonds. The van der Waals surface area contributed by atoms with E-state index < -0.39 is 0 Å². The fourth-order valence-electron chi connectivity index (χ4n) is 1.63. The van der Waals surface area contributed by atoms with Crippen LogP contribution in [-0.2, 0) is 0 Å². The number of ether oxygens (including phenoxy) is 1. The highest BCUT2D eigenvalue weighted by Gasteiger charge is 2.04. The molecule has 0 spiro atoms. The Balaban J connectivity index is 2.41. The molecule has 0 saturated heterocycles. The smallest absolute Gasteiger partial charge is 0.139 e. The number of nitrogens with zero attached hydrogens (tertiary/aromatic N) is 1. The van der Waals surface area contributed by atoms with E-state index in [9.17, 15) is 0 Å². The van der Waals surface area contributed by atoms with Crippen molar-refractivity contribution in [1.29, 1.82) is 0 Å². The highest BCUT2D eigenvalue weighted by atomic mass is 35.5. The van der Waals surface area contributed by atoms with Crippen molar-refractivity contribution in [3.63, 3.8) is 0 Å². The van der Waals surface area contributed by atoms with Gasteiger partial charge in [0.05, 0.1) is 17.6 Å². The summed E-state index contributed by atoms with van der Waals surface area (Å²) in [5.41, 5.74) is 0.882. The third-order valence-corrected chi connectivity index (χ3v) is 2.81. The van der Waals surface area contributed by atoms with Crippen LogP contribution in [0.25, 0.3) is 10.9 Å². The fourth-order valence-corrected chi connectivity index (χ4v) is 1.88. The Hall–Kier alpha value is -1.48. The molecule has 1 aromatic heterocycles. The molecule has 1 N–H and O–H groups in total. The second-order valence-electron chi connectivity index (χ2n) is 3.80. The number of hydrogen-bond acceptors (Lipinski definition) is 3. The molecule has 0 fully saturated rings. The van der Waals surface area contributed by atoms with Crippen LogP contribution in [0.5, 0.6) is 5.75 Å². The van der Waals surface area contributed by atoms with Gasteiger partial charge in [0.25, 0.3) is 0 Å². The van der Waals surface area contributed by atoms with E-state index in [1.165, 1.54) is 0 Å². The van der Waals surface area contributed by atoms with E-state index in [0.717, 1.165) is 29.7 Å². The molecule has 0 radical (unpaired) electrons. The lowest BCUT2D eigenvalue weighted by atomic mass is 10.2. The average Bonchev–Trinajstić information content (AvgIpc) is 2.35. The molecular weight excluding hydrogens is 236 g/mol. The summed E-state index contributed by atoms with van der Waals surface area (Å²) < 4.78 is 5.18. The minimum atomic E-state index is 0.607. The predicted molar refractivity (Wildman–Crippen MR) is 72.1 cm³/mol. The van der Waals surface area contributed by atoms with Gasteiger partial charge in [0, 0.05) is 18.0 Å². The quantitative estimate of drug-likeness (QED) is 0.898. The Morgan fingerprint density at radius 3 is 2.88 bits per heavy atom. The molecule has 0 saturated carbocycles. The SMILES string of the molecule is CCCNc1ccc2cc(Cl)c(OC)cc2n1. The van der Waals surface area contributed by atoms with Gasteiger partial charge < -0.3 is 10.1 Å². The van der Waals surface area contributed by atoms with Crippen molar-refractivity contribution in [2.24, 2.45) is 0 Å². The minimum absolute atomic E-state index is 0.607. The van der Waals surface area contributed by atoms with Crippen molar-refractivity contribution < 1.29 is 4.74 Å². The molecule has 2 rings (SSSR count). The molecule has 4 heteroatoms. The first kappa shape index (κ1) is 12.0. The van der Waals surface area contributed by atoms with Crippen LogP contribution in [0, 0.1) is 0 Å². The molecule has 0 unspecified atom stereocenters. The van der Waals surface area contributed by atoms with Gasteiger partial charge >= 0.3 is 0 Å². The first-order valence-corrected chi connectivity index (χ1v) is 6.00. The molecule has 1 heterocycles. The Morgan fingerprint density at radius 1 is 1.35 bits per heavy atom. The lowest BCUT2D eigenvalue weighted by molar-refractivity contribution is 0.415. The van der Waals surface area contributed by atoms with Gasteiger partial charge in [0.2, 0.25) is 0 Å². The molecule has 17 heavy (non-hydrogen) atoms. The summed E-state index contributed by atoms with van der Waals surface area (Å²) in [6, 6.07) is 7.69. The zero-order chi connectivity index (χ0) is 12.3. The topological polar surface area (TPSA) is 34.1 Å². The Labute approximate surface area is 106 Å². The molecule has 0 aliphatic carbocycles. The Morgan fingerprint density at radius 2 is 2.18 bits per heavy atom. The van der Waals surface area contributed by atoms with Crippen LogP contribution in [0.3, 0.4) is 0 Å². The lowest BCUT2D eigenvalue weighted by Crippen LogP contribution is -2.01. The second-order valence-corrected chi connectivity index (χ2v) is 4.21. The number of methoxy groups -OCH3 is 1. The summed E-state index contributed by atoms with van der Waals surface area (Å²) in [7, 11) is 1.60. The van der Waals surface area contributed by atoms with Crippen molar-refractivity contribution in [2.75, 3.05) is 19.0 Å². The average molecular weight is 251 g/mol. The Kier molecular flexibility index (Phi) is 3.69. The van der Waals surface area contributed by atoms with Gasteiger partial charge in [-0.05, 0) is 24.6 Å². The summed E-state index contributed by atoms with van der Waals surface area (Å²) in [5, 5.41) is 4.87. The summed E-state index contributed by atoms with van der Waals surface area (Å²) in [5.74, 6) is 1.53. The fraction of sp³-hybridized carbons (Fsp3) is 0.308. The number of nitrogens with one attached hydrogen (secondary N) is 1. The van der Waals surface area contributed by atoms with Crippen LogP contribution in [-0.4, -0.2) is 18.6 Å². The van der Waals surface area contributed by atoms with Gasteiger partial charge in [-0.15, -0.1) is 0 Å². The van der Waals surface area contributed by atoms with Crippen molar-refractivity contribution in [2.45, 2.75) is 13.3 Å². The highest BCUT2D eigenvalue weighted by Crippen LogP contribution is 2.29. The predicted octanol–water partition coefficient (Wildman–Crippen LogP) is 3.72. The van der Waals surface area contributed by atoms with Gasteiger partial charge in [-0.2, -0.15) is 0 Å². The van der Waals surface area contributed by atoms with E-state index in [2.05, 4.69) is 17.2 Å². The number of benzene rings is 1. The first-order valence-electron chi connectivity index (χ1n) is 5.62. The van der Waals surface area contributed by atoms with E-state index in [0.29, 0.717) is 10.8 Å².